The van der Waals surface area contributed by atoms with E-state index >= 15 is 0 Å². The van der Waals surface area contributed by atoms with E-state index in [1.807, 2.05) is 41.3 Å². The van der Waals surface area contributed by atoms with Crippen molar-refractivity contribution in [2.24, 2.45) is 4.99 Å². The first kappa shape index (κ1) is 22.5. The van der Waals surface area contributed by atoms with Crippen LogP contribution in [0.2, 0.25) is 5.02 Å². The topological polar surface area (TPSA) is 56.7 Å². The molecule has 3 rings (SSSR count). The predicted octanol–water partition coefficient (Wildman–Crippen LogP) is 3.95. The third kappa shape index (κ3) is 6.38. The summed E-state index contributed by atoms with van der Waals surface area (Å²) in [6.07, 6.45) is 1.63. The van der Waals surface area contributed by atoms with Crippen molar-refractivity contribution in [3.8, 4) is 0 Å². The smallest absolute Gasteiger partial charge is 0.222 e. The van der Waals surface area contributed by atoms with Crippen molar-refractivity contribution in [3.63, 3.8) is 0 Å². The normalized spacial score (nSPS) is 14.0. The molecule has 1 fully saturated rings. The van der Waals surface area contributed by atoms with Crippen molar-refractivity contribution >= 4 is 47.4 Å². The maximum atomic E-state index is 11.9. The van der Waals surface area contributed by atoms with Gasteiger partial charge >= 0.3 is 0 Å². The minimum Gasteiger partial charge on any atom is -0.352 e. The van der Waals surface area contributed by atoms with Crippen molar-refractivity contribution in [2.45, 2.75) is 32.5 Å². The lowest BCUT2D eigenvalue weighted by atomic mass is 10.1. The Balaban J connectivity index is 0.00000280. The van der Waals surface area contributed by atoms with Crippen LogP contribution in [0, 0.1) is 0 Å². The van der Waals surface area contributed by atoms with Crippen molar-refractivity contribution in [3.05, 3.63) is 70.2 Å². The molecule has 0 atom stereocenters. The molecular weight excluding hydrogens is 487 g/mol. The highest BCUT2D eigenvalue weighted by Gasteiger charge is 2.20. The number of hydrogen-bond acceptors (Lipinski definition) is 2. The standard InChI is InChI=1S/C21H25ClN4O.HI/c1-23-21(24-13-16-8-10-19(22)11-9-16)25-14-17-5-2-3-6-18(17)15-26-12-4-7-20(26)27;/h2-3,5-6,8-11H,4,7,12-15H2,1H3,(H2,23,24,25);1H. The van der Waals surface area contributed by atoms with Gasteiger partial charge in [-0.1, -0.05) is 48.0 Å². The van der Waals surface area contributed by atoms with Gasteiger partial charge in [0.2, 0.25) is 5.91 Å². The second-order valence-electron chi connectivity index (χ2n) is 6.59. The zero-order valence-corrected chi connectivity index (χ0v) is 19.0. The van der Waals surface area contributed by atoms with E-state index in [-0.39, 0.29) is 29.9 Å². The minimum absolute atomic E-state index is 0. The molecule has 1 aliphatic heterocycles. The Labute approximate surface area is 188 Å². The lowest BCUT2D eigenvalue weighted by Crippen LogP contribution is -2.36. The number of nitrogens with one attached hydrogen (secondary N) is 2. The fraction of sp³-hybridized carbons (Fsp3) is 0.333. The van der Waals surface area contributed by atoms with Crippen LogP contribution in [-0.4, -0.2) is 30.4 Å². The second-order valence-corrected chi connectivity index (χ2v) is 7.03. The number of rotatable bonds is 6. The SMILES string of the molecule is CN=C(NCc1ccc(Cl)cc1)NCc1ccccc1CN1CCCC1=O.I. The Bertz CT molecular complexity index is 810. The number of halogens is 2. The molecule has 0 bridgehead atoms. The van der Waals surface area contributed by atoms with Crippen LogP contribution in [0.5, 0.6) is 0 Å². The molecule has 2 N–H and O–H groups in total. The van der Waals surface area contributed by atoms with E-state index in [1.54, 1.807) is 7.05 Å². The molecule has 0 spiro atoms. The summed E-state index contributed by atoms with van der Waals surface area (Å²) in [5.41, 5.74) is 3.48. The predicted molar refractivity (Wildman–Crippen MR) is 125 cm³/mol. The van der Waals surface area contributed by atoms with Crippen molar-refractivity contribution in [2.75, 3.05) is 13.6 Å². The molecule has 2 aromatic rings. The van der Waals surface area contributed by atoms with Gasteiger partial charge in [-0.05, 0) is 35.2 Å². The molecule has 0 radical (unpaired) electrons. The lowest BCUT2D eigenvalue weighted by Gasteiger charge is -2.19. The summed E-state index contributed by atoms with van der Waals surface area (Å²) < 4.78 is 0. The first-order valence-corrected chi connectivity index (χ1v) is 9.57. The summed E-state index contributed by atoms with van der Waals surface area (Å²) in [7, 11) is 1.76. The van der Waals surface area contributed by atoms with Crippen LogP contribution in [0.3, 0.4) is 0 Å². The van der Waals surface area contributed by atoms with Gasteiger partial charge < -0.3 is 15.5 Å². The number of hydrogen-bond donors (Lipinski definition) is 2. The average molecular weight is 513 g/mol. The highest BCUT2D eigenvalue weighted by Crippen LogP contribution is 2.17. The van der Waals surface area contributed by atoms with Crippen LogP contribution in [0.15, 0.2) is 53.5 Å². The van der Waals surface area contributed by atoms with Crippen molar-refractivity contribution in [1.82, 2.24) is 15.5 Å². The van der Waals surface area contributed by atoms with Crippen LogP contribution in [0.4, 0.5) is 0 Å². The Morgan fingerprint density at radius 1 is 1.07 bits per heavy atom. The summed E-state index contributed by atoms with van der Waals surface area (Å²) >= 11 is 5.92. The van der Waals surface area contributed by atoms with E-state index in [0.717, 1.165) is 29.5 Å². The minimum atomic E-state index is 0. The average Bonchev–Trinajstić information content (AvgIpc) is 3.09. The molecule has 28 heavy (non-hydrogen) atoms. The van der Waals surface area contributed by atoms with Gasteiger partial charge in [-0.25, -0.2) is 0 Å². The molecular formula is C21H26ClIN4O. The molecule has 0 aromatic heterocycles. The molecule has 1 heterocycles. The van der Waals surface area contributed by atoms with Gasteiger partial charge in [0.05, 0.1) is 0 Å². The number of benzene rings is 2. The van der Waals surface area contributed by atoms with E-state index in [2.05, 4.69) is 27.8 Å². The van der Waals surface area contributed by atoms with Crippen LogP contribution in [0.1, 0.15) is 29.5 Å². The highest BCUT2D eigenvalue weighted by molar-refractivity contribution is 14.0. The first-order valence-electron chi connectivity index (χ1n) is 9.19. The fourth-order valence-electron chi connectivity index (χ4n) is 3.15. The summed E-state index contributed by atoms with van der Waals surface area (Å²) in [5.74, 6) is 0.982. The number of carbonyl (C=O) groups is 1. The molecule has 0 saturated carbocycles. The molecule has 2 aromatic carbocycles. The molecule has 7 heteroatoms. The molecule has 1 amide bonds. The number of nitrogens with zero attached hydrogens (tertiary/aromatic N) is 2. The van der Waals surface area contributed by atoms with Crippen LogP contribution in [0.25, 0.3) is 0 Å². The zero-order valence-electron chi connectivity index (χ0n) is 16.0. The van der Waals surface area contributed by atoms with E-state index in [0.29, 0.717) is 26.1 Å². The first-order chi connectivity index (χ1) is 13.2. The monoisotopic (exact) mass is 512 g/mol. The molecule has 1 aliphatic rings. The number of amides is 1. The van der Waals surface area contributed by atoms with Crippen LogP contribution < -0.4 is 10.6 Å². The van der Waals surface area contributed by atoms with Gasteiger partial charge in [0.15, 0.2) is 5.96 Å². The van der Waals surface area contributed by atoms with Crippen molar-refractivity contribution in [1.29, 1.82) is 0 Å². The van der Waals surface area contributed by atoms with E-state index < -0.39 is 0 Å². The molecule has 0 aliphatic carbocycles. The summed E-state index contributed by atoms with van der Waals surface area (Å²) in [6, 6.07) is 16.0. The van der Waals surface area contributed by atoms with Gasteiger partial charge in [0, 0.05) is 44.7 Å². The van der Waals surface area contributed by atoms with Gasteiger partial charge in [-0.2, -0.15) is 0 Å². The van der Waals surface area contributed by atoms with Crippen LogP contribution >= 0.6 is 35.6 Å². The second kappa shape index (κ2) is 11.3. The summed E-state index contributed by atoms with van der Waals surface area (Å²) in [4.78, 5) is 18.1. The van der Waals surface area contributed by atoms with Gasteiger partial charge in [-0.15, -0.1) is 24.0 Å². The number of guanidine groups is 1. The zero-order chi connectivity index (χ0) is 19.1. The lowest BCUT2D eigenvalue weighted by molar-refractivity contribution is -0.128. The largest absolute Gasteiger partial charge is 0.352 e. The third-order valence-corrected chi connectivity index (χ3v) is 4.95. The van der Waals surface area contributed by atoms with E-state index in [1.165, 1.54) is 11.1 Å². The molecule has 1 saturated heterocycles. The van der Waals surface area contributed by atoms with Crippen molar-refractivity contribution < 1.29 is 4.79 Å². The third-order valence-electron chi connectivity index (χ3n) is 4.69. The molecule has 5 nitrogen and oxygen atoms in total. The van der Waals surface area contributed by atoms with Crippen LogP contribution in [-0.2, 0) is 24.4 Å². The highest BCUT2D eigenvalue weighted by atomic mass is 127. The Morgan fingerprint density at radius 3 is 2.39 bits per heavy atom. The van der Waals surface area contributed by atoms with E-state index in [9.17, 15) is 4.79 Å². The molecule has 0 unspecified atom stereocenters. The Hall–Kier alpha value is -1.80. The van der Waals surface area contributed by atoms with Gasteiger partial charge in [0.25, 0.3) is 0 Å². The quantitative estimate of drug-likeness (QED) is 0.350. The number of carbonyl (C=O) groups excluding carboxylic acids is 1. The number of aliphatic imine (C=N–C) groups is 1. The summed E-state index contributed by atoms with van der Waals surface area (Å²) in [6.45, 7) is 2.84. The summed E-state index contributed by atoms with van der Waals surface area (Å²) in [5, 5.41) is 7.39. The maximum absolute atomic E-state index is 11.9. The van der Waals surface area contributed by atoms with Gasteiger partial charge in [-0.3, -0.25) is 9.79 Å². The van der Waals surface area contributed by atoms with Gasteiger partial charge in [0.1, 0.15) is 0 Å². The Kier molecular flexibility index (Phi) is 9.05. The molecule has 150 valence electrons. The fourth-order valence-corrected chi connectivity index (χ4v) is 3.27. The maximum Gasteiger partial charge on any atom is 0.222 e. The Morgan fingerprint density at radius 2 is 1.75 bits per heavy atom. The van der Waals surface area contributed by atoms with E-state index in [4.69, 9.17) is 11.6 Å². The number of likely N-dealkylation sites (tertiary alicyclic amines) is 1.